The predicted molar refractivity (Wildman–Crippen MR) is 128 cm³/mol. The van der Waals surface area contributed by atoms with Gasteiger partial charge in [-0.25, -0.2) is 19.3 Å². The summed E-state index contributed by atoms with van der Waals surface area (Å²) >= 11 is 6.29. The fraction of sp³-hybridized carbons (Fsp3) is 0.130. The average molecular weight is 515 g/mol. The van der Waals surface area contributed by atoms with Gasteiger partial charge in [0.15, 0.2) is 11.5 Å². The van der Waals surface area contributed by atoms with Gasteiger partial charge in [0.25, 0.3) is 5.91 Å². The minimum Gasteiger partial charge on any atom is -0.326 e. The maximum absolute atomic E-state index is 14.1. The van der Waals surface area contributed by atoms with Gasteiger partial charge in [0, 0.05) is 23.5 Å². The quantitative estimate of drug-likeness (QED) is 0.296. The Labute approximate surface area is 207 Å². The fourth-order valence-corrected chi connectivity index (χ4v) is 3.80. The highest BCUT2D eigenvalue weighted by molar-refractivity contribution is 6.33. The number of carbonyl (C=O) groups is 1. The summed E-state index contributed by atoms with van der Waals surface area (Å²) in [6.45, 7) is 6.56. The first kappa shape index (κ1) is 24.8. The lowest BCUT2D eigenvalue weighted by atomic mass is 10.1. The van der Waals surface area contributed by atoms with Crippen LogP contribution in [0.5, 0.6) is 0 Å². The average Bonchev–Trinajstić information content (AvgIpc) is 3.46. The first-order valence-corrected chi connectivity index (χ1v) is 10.7. The molecule has 0 saturated carbocycles. The molecule has 3 heterocycles. The molecular formula is C23H18ClF3N8O. The number of hydrogen-bond donors (Lipinski definition) is 1. The smallest absolute Gasteiger partial charge is 0.326 e. The molecule has 0 aliphatic carbocycles. The summed E-state index contributed by atoms with van der Waals surface area (Å²) in [5.41, 5.74) is -1.60. The van der Waals surface area contributed by atoms with Gasteiger partial charge in [-0.15, -0.1) is 0 Å². The molecule has 4 aromatic rings. The zero-order valence-electron chi connectivity index (χ0n) is 19.0. The van der Waals surface area contributed by atoms with Crippen LogP contribution in [0.25, 0.3) is 22.3 Å². The van der Waals surface area contributed by atoms with E-state index in [-0.39, 0.29) is 22.2 Å². The van der Waals surface area contributed by atoms with Crippen molar-refractivity contribution in [3.63, 3.8) is 0 Å². The molecule has 0 fully saturated rings. The summed E-state index contributed by atoms with van der Waals surface area (Å²) < 4.78 is 44.4. The molecule has 0 atom stereocenters. The van der Waals surface area contributed by atoms with Crippen LogP contribution in [0.2, 0.25) is 0 Å². The fourth-order valence-electron chi connectivity index (χ4n) is 3.49. The molecule has 1 N–H and O–H groups in total. The van der Waals surface area contributed by atoms with Crippen molar-refractivity contribution in [2.45, 2.75) is 20.0 Å². The second-order valence-corrected chi connectivity index (χ2v) is 7.95. The Bertz CT molecular complexity index is 1530. The number of carbonyl (C=O) groups excluding carboxylic acids is 1. The number of halogens is 4. The van der Waals surface area contributed by atoms with Crippen LogP contribution < -0.4 is 5.32 Å². The van der Waals surface area contributed by atoms with E-state index in [0.717, 1.165) is 6.20 Å². The Balaban J connectivity index is 1.71. The van der Waals surface area contributed by atoms with E-state index in [1.54, 1.807) is 25.1 Å². The maximum Gasteiger partial charge on any atom is 0.434 e. The van der Waals surface area contributed by atoms with Crippen molar-refractivity contribution in [1.82, 2.24) is 34.8 Å². The number of pyridine rings is 1. The van der Waals surface area contributed by atoms with Gasteiger partial charge in [-0.1, -0.05) is 23.7 Å². The van der Waals surface area contributed by atoms with Gasteiger partial charge in [-0.2, -0.15) is 23.4 Å². The van der Waals surface area contributed by atoms with Crippen LogP contribution in [0.4, 0.5) is 13.2 Å². The molecule has 3 aromatic heterocycles. The number of rotatable bonds is 6. The monoisotopic (exact) mass is 514 g/mol. The summed E-state index contributed by atoms with van der Waals surface area (Å²) in [4.78, 5) is 24.7. The summed E-state index contributed by atoms with van der Waals surface area (Å²) in [5, 5.41) is 11.5. The number of benzene rings is 1. The molecule has 0 radical (unpaired) electrons. The predicted octanol–water partition coefficient (Wildman–Crippen LogP) is 4.74. The molecule has 0 aliphatic heterocycles. The standard InChI is InChI=1S/C23H18ClF3N8O/c1-13(9-18(24)21(28-3)34-12-30-14(2)33-34)32-22(36)17-11-31-35(20(17)23(25,26)27)19-6-4-5-15-7-8-29-10-16(15)19/h4-12H,3H2,1-2H3,(H,32,36)/b13-9+,21-18-. The van der Waals surface area contributed by atoms with Gasteiger partial charge in [0.05, 0.1) is 22.5 Å². The summed E-state index contributed by atoms with van der Waals surface area (Å²) in [7, 11) is 0. The number of alkyl halides is 3. The van der Waals surface area contributed by atoms with Crippen LogP contribution in [0.1, 0.15) is 28.8 Å². The molecule has 0 unspecified atom stereocenters. The highest BCUT2D eigenvalue weighted by Crippen LogP contribution is 2.35. The number of fused-ring (bicyclic) bond motifs is 1. The number of nitrogens with zero attached hydrogens (tertiary/aromatic N) is 7. The normalized spacial score (nSPS) is 13.0. The Morgan fingerprint density at radius 2 is 2.03 bits per heavy atom. The Hall–Kier alpha value is -4.32. The molecule has 1 amide bonds. The van der Waals surface area contributed by atoms with E-state index >= 15 is 0 Å². The SMILES string of the molecule is C=N/C(=C(Cl)\C=C(/C)NC(=O)c1cnn(-c2cccc3ccncc23)c1C(F)(F)F)n1cnc(C)n1. The number of nitrogens with one attached hydrogen (secondary N) is 1. The minimum absolute atomic E-state index is 0.0303. The van der Waals surface area contributed by atoms with Gasteiger partial charge >= 0.3 is 6.18 Å². The highest BCUT2D eigenvalue weighted by Gasteiger charge is 2.40. The second kappa shape index (κ2) is 9.74. The molecule has 0 spiro atoms. The van der Waals surface area contributed by atoms with E-state index in [4.69, 9.17) is 11.6 Å². The first-order chi connectivity index (χ1) is 17.1. The van der Waals surface area contributed by atoms with Crippen LogP contribution in [-0.4, -0.2) is 42.2 Å². The van der Waals surface area contributed by atoms with Crippen LogP contribution in [0, 0.1) is 6.92 Å². The molecule has 184 valence electrons. The first-order valence-electron chi connectivity index (χ1n) is 10.3. The third-order valence-electron chi connectivity index (χ3n) is 5.01. The van der Waals surface area contributed by atoms with Gasteiger partial charge in [-0.3, -0.25) is 9.78 Å². The minimum atomic E-state index is -4.88. The van der Waals surface area contributed by atoms with E-state index in [9.17, 15) is 18.0 Å². The molecular weight excluding hydrogens is 497 g/mol. The maximum atomic E-state index is 14.1. The van der Waals surface area contributed by atoms with Crippen LogP contribution in [-0.2, 0) is 6.18 Å². The number of amides is 1. The molecule has 1 aromatic carbocycles. The van der Waals surface area contributed by atoms with Crippen molar-refractivity contribution in [2.75, 3.05) is 0 Å². The van der Waals surface area contributed by atoms with E-state index in [1.165, 1.54) is 42.5 Å². The number of aryl methyl sites for hydroxylation is 1. The number of hydrogen-bond acceptors (Lipinski definition) is 6. The lowest BCUT2D eigenvalue weighted by Gasteiger charge is -2.14. The molecule has 4 rings (SSSR count). The molecule has 0 bridgehead atoms. The number of aromatic nitrogens is 6. The lowest BCUT2D eigenvalue weighted by molar-refractivity contribution is -0.143. The lowest BCUT2D eigenvalue weighted by Crippen LogP contribution is -2.25. The van der Waals surface area contributed by atoms with Crippen molar-refractivity contribution >= 4 is 40.8 Å². The van der Waals surface area contributed by atoms with E-state index in [2.05, 4.69) is 37.2 Å². The second-order valence-electron chi connectivity index (χ2n) is 7.54. The topological polar surface area (TPSA) is 103 Å². The largest absolute Gasteiger partial charge is 0.434 e. The van der Waals surface area contributed by atoms with Gasteiger partial charge in [-0.05, 0) is 44.2 Å². The van der Waals surface area contributed by atoms with Crippen molar-refractivity contribution in [2.24, 2.45) is 4.99 Å². The van der Waals surface area contributed by atoms with Gasteiger partial charge in [0.1, 0.15) is 12.2 Å². The zero-order chi connectivity index (χ0) is 26.0. The molecule has 0 aliphatic rings. The van der Waals surface area contributed by atoms with Crippen molar-refractivity contribution < 1.29 is 18.0 Å². The Morgan fingerprint density at radius 3 is 2.69 bits per heavy atom. The Morgan fingerprint density at radius 1 is 1.25 bits per heavy atom. The van der Waals surface area contributed by atoms with E-state index < -0.39 is 23.3 Å². The van der Waals surface area contributed by atoms with Gasteiger partial charge < -0.3 is 5.32 Å². The summed E-state index contributed by atoms with van der Waals surface area (Å²) in [6.07, 6.45) is 1.64. The molecule has 9 nitrogen and oxygen atoms in total. The Kier molecular flexibility index (Phi) is 6.71. The van der Waals surface area contributed by atoms with Crippen LogP contribution in [0.15, 0.2) is 71.0 Å². The van der Waals surface area contributed by atoms with E-state index in [1.807, 2.05) is 0 Å². The van der Waals surface area contributed by atoms with E-state index in [0.29, 0.717) is 21.3 Å². The van der Waals surface area contributed by atoms with Crippen LogP contribution >= 0.6 is 11.6 Å². The third kappa shape index (κ3) is 4.89. The van der Waals surface area contributed by atoms with Crippen molar-refractivity contribution in [3.05, 3.63) is 83.1 Å². The van der Waals surface area contributed by atoms with Crippen molar-refractivity contribution in [1.29, 1.82) is 0 Å². The highest BCUT2D eigenvalue weighted by atomic mass is 35.5. The number of allylic oxidation sites excluding steroid dienone is 3. The van der Waals surface area contributed by atoms with Crippen LogP contribution in [0.3, 0.4) is 0 Å². The molecule has 13 heteroatoms. The zero-order valence-corrected chi connectivity index (χ0v) is 19.7. The van der Waals surface area contributed by atoms with Crippen molar-refractivity contribution in [3.8, 4) is 5.69 Å². The third-order valence-corrected chi connectivity index (χ3v) is 5.29. The summed E-state index contributed by atoms with van der Waals surface area (Å²) in [6, 6.07) is 6.48. The molecule has 0 saturated heterocycles. The molecule has 36 heavy (non-hydrogen) atoms. The summed E-state index contributed by atoms with van der Waals surface area (Å²) in [5.74, 6) is -0.428. The number of aliphatic imine (C=N–C) groups is 1. The van der Waals surface area contributed by atoms with Gasteiger partial charge in [0.2, 0.25) is 0 Å².